The van der Waals surface area contributed by atoms with Gasteiger partial charge in [0.25, 0.3) is 11.8 Å². The van der Waals surface area contributed by atoms with Crippen LogP contribution in [0.3, 0.4) is 0 Å². The summed E-state index contributed by atoms with van der Waals surface area (Å²) in [6.07, 6.45) is 0.585. The van der Waals surface area contributed by atoms with Gasteiger partial charge in [0.05, 0.1) is 5.56 Å². The number of hydrogen-bond acceptors (Lipinski definition) is 5. The fraction of sp³-hybridized carbons (Fsp3) is 0.440. The van der Waals surface area contributed by atoms with Crippen LogP contribution >= 0.6 is 0 Å². The number of ether oxygens (including phenoxy) is 2. The summed E-state index contributed by atoms with van der Waals surface area (Å²) in [5.41, 5.74) is 2.14. The third kappa shape index (κ3) is 3.66. The second-order valence-corrected chi connectivity index (χ2v) is 9.86. The summed E-state index contributed by atoms with van der Waals surface area (Å²) in [5.74, 6) is 1.14. The maximum atomic E-state index is 13.1. The number of rotatable bonds is 1. The molecule has 1 atom stereocenters. The monoisotopic (exact) mass is 435 g/mol. The predicted molar refractivity (Wildman–Crippen MR) is 121 cm³/mol. The first-order chi connectivity index (χ1) is 15.2. The van der Waals surface area contributed by atoms with Gasteiger partial charge in [0.15, 0.2) is 11.5 Å². The van der Waals surface area contributed by atoms with Gasteiger partial charge in [-0.05, 0) is 35.2 Å². The fourth-order valence-electron chi connectivity index (χ4n) is 4.59. The van der Waals surface area contributed by atoms with E-state index >= 15 is 0 Å². The van der Waals surface area contributed by atoms with Crippen LogP contribution in [0.4, 0.5) is 5.69 Å². The van der Waals surface area contributed by atoms with Crippen LogP contribution in [0.5, 0.6) is 11.5 Å². The summed E-state index contributed by atoms with van der Waals surface area (Å²) in [5, 5.41) is 6.60. The van der Waals surface area contributed by atoms with E-state index in [1.165, 1.54) is 0 Å². The maximum absolute atomic E-state index is 13.1. The van der Waals surface area contributed by atoms with Crippen molar-refractivity contribution in [2.45, 2.75) is 50.8 Å². The molecule has 2 aromatic carbocycles. The minimum absolute atomic E-state index is 0.0118. The highest BCUT2D eigenvalue weighted by molar-refractivity contribution is 6.02. The number of likely N-dealkylation sites (tertiary alicyclic amines) is 1. The van der Waals surface area contributed by atoms with E-state index in [4.69, 9.17) is 9.47 Å². The highest BCUT2D eigenvalue weighted by Gasteiger charge is 2.42. The van der Waals surface area contributed by atoms with Gasteiger partial charge in [-0.15, -0.1) is 0 Å². The molecule has 1 saturated heterocycles. The Hall–Kier alpha value is -3.22. The third-order valence-corrected chi connectivity index (χ3v) is 6.57. The number of fused-ring (bicyclic) bond motifs is 2. The molecular formula is C25H29N3O4. The highest BCUT2D eigenvalue weighted by atomic mass is 16.6. The molecule has 2 N–H and O–H groups in total. The van der Waals surface area contributed by atoms with Crippen LogP contribution in [0.2, 0.25) is 0 Å². The fourth-order valence-corrected chi connectivity index (χ4v) is 4.59. The number of amides is 2. The largest absolute Gasteiger partial charge is 0.485 e. The number of para-hydroxylation sites is 1. The predicted octanol–water partition coefficient (Wildman–Crippen LogP) is 3.30. The molecule has 2 amide bonds. The highest BCUT2D eigenvalue weighted by Crippen LogP contribution is 2.37. The molecule has 3 heterocycles. The van der Waals surface area contributed by atoms with Crippen LogP contribution in [0, 0.1) is 0 Å². The molecule has 7 nitrogen and oxygen atoms in total. The first-order valence-corrected chi connectivity index (χ1v) is 11.2. The van der Waals surface area contributed by atoms with Gasteiger partial charge in [-0.2, -0.15) is 0 Å². The van der Waals surface area contributed by atoms with E-state index in [-0.39, 0.29) is 23.8 Å². The summed E-state index contributed by atoms with van der Waals surface area (Å²) in [4.78, 5) is 27.5. The number of carbonyl (C=O) groups is 2. The van der Waals surface area contributed by atoms with Crippen LogP contribution in [0.15, 0.2) is 42.5 Å². The third-order valence-electron chi connectivity index (χ3n) is 6.57. The van der Waals surface area contributed by atoms with Crippen molar-refractivity contribution in [3.8, 4) is 11.5 Å². The molecule has 0 saturated carbocycles. The summed E-state index contributed by atoms with van der Waals surface area (Å²) in [6, 6.07) is 13.4. The lowest BCUT2D eigenvalue weighted by atomic mass is 9.87. The first kappa shape index (κ1) is 20.7. The molecule has 1 fully saturated rings. The van der Waals surface area contributed by atoms with Crippen LogP contribution < -0.4 is 20.1 Å². The molecule has 0 aliphatic carbocycles. The van der Waals surface area contributed by atoms with Gasteiger partial charge >= 0.3 is 0 Å². The van der Waals surface area contributed by atoms with Crippen LogP contribution in [0.1, 0.15) is 49.5 Å². The molecule has 1 spiro atoms. The Bertz CT molecular complexity index is 1070. The average Bonchev–Trinajstić information content (AvgIpc) is 2.78. The molecule has 0 bridgehead atoms. The molecule has 3 aliphatic heterocycles. The van der Waals surface area contributed by atoms with E-state index in [0.29, 0.717) is 43.0 Å². The molecule has 2 aromatic rings. The molecule has 0 radical (unpaired) electrons. The van der Waals surface area contributed by atoms with Gasteiger partial charge in [-0.3, -0.25) is 9.59 Å². The summed E-state index contributed by atoms with van der Waals surface area (Å²) >= 11 is 0. The molecule has 7 heteroatoms. The van der Waals surface area contributed by atoms with E-state index in [9.17, 15) is 9.59 Å². The van der Waals surface area contributed by atoms with Crippen molar-refractivity contribution < 1.29 is 19.1 Å². The number of anilines is 1. The van der Waals surface area contributed by atoms with E-state index < -0.39 is 11.8 Å². The maximum Gasteiger partial charge on any atom is 0.267 e. The minimum Gasteiger partial charge on any atom is -0.485 e. The van der Waals surface area contributed by atoms with E-state index in [0.717, 1.165) is 11.3 Å². The SMILES string of the molecule is CC(C)(C)c1ccc2c(c1)OC[C@@H](C(=O)N1CCC3(CC1)NC(=O)c1ccccc1N3)O2. The Balaban J connectivity index is 1.24. The smallest absolute Gasteiger partial charge is 0.267 e. The van der Waals surface area contributed by atoms with Crippen molar-refractivity contribution in [2.75, 3.05) is 25.0 Å². The molecule has 168 valence electrons. The van der Waals surface area contributed by atoms with Gasteiger partial charge in [-0.1, -0.05) is 39.0 Å². The van der Waals surface area contributed by atoms with E-state index in [2.05, 4.69) is 31.4 Å². The van der Waals surface area contributed by atoms with Crippen molar-refractivity contribution in [3.05, 3.63) is 53.6 Å². The zero-order chi connectivity index (χ0) is 22.5. The van der Waals surface area contributed by atoms with Gasteiger partial charge < -0.3 is 25.0 Å². The summed E-state index contributed by atoms with van der Waals surface area (Å²) < 4.78 is 11.9. The average molecular weight is 436 g/mol. The van der Waals surface area contributed by atoms with Gasteiger partial charge in [-0.25, -0.2) is 0 Å². The van der Waals surface area contributed by atoms with Crippen LogP contribution in [-0.4, -0.2) is 48.2 Å². The van der Waals surface area contributed by atoms with Crippen molar-refractivity contribution in [1.29, 1.82) is 0 Å². The standard InChI is InChI=1S/C25H29N3O4/c1-24(2,3)16-8-9-19-20(14-16)31-15-21(32-19)23(30)28-12-10-25(11-13-28)26-18-7-5-4-6-17(18)22(29)27-25/h4-9,14,21,26H,10-13,15H2,1-3H3,(H,27,29)/t21-/m0/s1. The topological polar surface area (TPSA) is 79.9 Å². The lowest BCUT2D eigenvalue weighted by molar-refractivity contribution is -0.142. The summed E-state index contributed by atoms with van der Waals surface area (Å²) in [7, 11) is 0. The normalized spacial score (nSPS) is 21.4. The molecule has 0 aromatic heterocycles. The first-order valence-electron chi connectivity index (χ1n) is 11.2. The van der Waals surface area contributed by atoms with Crippen LogP contribution in [0.25, 0.3) is 0 Å². The Morgan fingerprint density at radius 3 is 2.56 bits per heavy atom. The lowest BCUT2D eigenvalue weighted by Crippen LogP contribution is -2.63. The number of nitrogens with zero attached hydrogens (tertiary/aromatic N) is 1. The molecule has 0 unspecified atom stereocenters. The quantitative estimate of drug-likeness (QED) is 0.719. The Morgan fingerprint density at radius 1 is 1.06 bits per heavy atom. The van der Waals surface area contributed by atoms with Crippen molar-refractivity contribution >= 4 is 17.5 Å². The number of hydrogen-bond donors (Lipinski definition) is 2. The van der Waals surface area contributed by atoms with Gasteiger partial charge in [0.1, 0.15) is 12.3 Å². The van der Waals surface area contributed by atoms with Crippen molar-refractivity contribution in [2.24, 2.45) is 0 Å². The van der Waals surface area contributed by atoms with Crippen molar-refractivity contribution in [1.82, 2.24) is 10.2 Å². The van der Waals surface area contributed by atoms with E-state index in [1.54, 1.807) is 0 Å². The second kappa shape index (κ2) is 7.43. The number of nitrogens with one attached hydrogen (secondary N) is 2. The number of piperidine rings is 1. The summed E-state index contributed by atoms with van der Waals surface area (Å²) in [6.45, 7) is 7.71. The molecule has 5 rings (SSSR count). The zero-order valence-electron chi connectivity index (χ0n) is 18.7. The minimum atomic E-state index is -0.660. The lowest BCUT2D eigenvalue weighted by Gasteiger charge is -2.46. The van der Waals surface area contributed by atoms with Crippen molar-refractivity contribution in [3.63, 3.8) is 0 Å². The second-order valence-electron chi connectivity index (χ2n) is 9.86. The van der Waals surface area contributed by atoms with E-state index in [1.807, 2.05) is 47.4 Å². The zero-order valence-corrected chi connectivity index (χ0v) is 18.7. The molecule has 3 aliphatic rings. The Kier molecular flexibility index (Phi) is 4.80. The van der Waals surface area contributed by atoms with Gasteiger partial charge in [0.2, 0.25) is 6.10 Å². The number of benzene rings is 2. The number of carbonyl (C=O) groups excluding carboxylic acids is 2. The molecular weight excluding hydrogens is 406 g/mol. The Morgan fingerprint density at radius 2 is 1.81 bits per heavy atom. The Labute approximate surface area is 188 Å². The van der Waals surface area contributed by atoms with Gasteiger partial charge in [0, 0.05) is 31.6 Å². The van der Waals surface area contributed by atoms with Crippen LogP contribution in [-0.2, 0) is 10.2 Å². The molecule has 32 heavy (non-hydrogen) atoms.